The van der Waals surface area contributed by atoms with Crippen molar-refractivity contribution in [2.45, 2.75) is 57.5 Å². The van der Waals surface area contributed by atoms with E-state index in [9.17, 15) is 9.59 Å². The number of carboxylic acid groups (broad SMARTS) is 1. The van der Waals surface area contributed by atoms with E-state index in [1.807, 2.05) is 6.92 Å². The molecule has 0 aromatic rings. The van der Waals surface area contributed by atoms with Crippen molar-refractivity contribution in [3.63, 3.8) is 0 Å². The van der Waals surface area contributed by atoms with E-state index in [-0.39, 0.29) is 24.5 Å². The smallest absolute Gasteiger partial charge is 0.320 e. The van der Waals surface area contributed by atoms with Gasteiger partial charge in [-0.05, 0) is 32.6 Å². The second-order valence-corrected chi connectivity index (χ2v) is 5.38. The summed E-state index contributed by atoms with van der Waals surface area (Å²) in [5.74, 6) is -0.825. The number of hydrogen-bond acceptors (Lipinski definition) is 3. The molecule has 2 amide bonds. The Balaban J connectivity index is 2.66. The highest BCUT2D eigenvalue weighted by Gasteiger charge is 2.30. The lowest BCUT2D eigenvalue weighted by molar-refractivity contribution is -0.137. The van der Waals surface area contributed by atoms with Gasteiger partial charge in [-0.2, -0.15) is 5.26 Å². The first-order chi connectivity index (χ1) is 9.47. The standard InChI is InChI=1S/C14H23N3O3/c1-11(8-9-15)16(2)14(20)17-10-4-3-5-12(17)6-7-13(18)19/h11-12H,3-8,10H2,1-2H3,(H,18,19). The lowest BCUT2D eigenvalue weighted by atomic mass is 9.98. The van der Waals surface area contributed by atoms with E-state index < -0.39 is 5.97 Å². The molecule has 0 spiro atoms. The normalized spacial score (nSPS) is 20.1. The van der Waals surface area contributed by atoms with Gasteiger partial charge in [0.15, 0.2) is 0 Å². The Morgan fingerprint density at radius 1 is 1.50 bits per heavy atom. The number of likely N-dealkylation sites (tertiary alicyclic amines) is 1. The number of aliphatic carboxylic acids is 1. The van der Waals surface area contributed by atoms with Crippen molar-refractivity contribution >= 4 is 12.0 Å². The van der Waals surface area contributed by atoms with Crippen molar-refractivity contribution in [1.82, 2.24) is 9.80 Å². The molecule has 0 saturated carbocycles. The molecule has 2 atom stereocenters. The first-order valence-corrected chi connectivity index (χ1v) is 7.09. The second-order valence-electron chi connectivity index (χ2n) is 5.38. The van der Waals surface area contributed by atoms with Crippen molar-refractivity contribution < 1.29 is 14.7 Å². The van der Waals surface area contributed by atoms with Crippen molar-refractivity contribution in [2.24, 2.45) is 0 Å². The predicted octanol–water partition coefficient (Wildman–Crippen LogP) is 2.06. The minimum atomic E-state index is -0.825. The summed E-state index contributed by atoms with van der Waals surface area (Å²) in [7, 11) is 1.70. The fourth-order valence-electron chi connectivity index (χ4n) is 2.50. The minimum Gasteiger partial charge on any atom is -0.481 e. The Labute approximate surface area is 120 Å². The van der Waals surface area contributed by atoms with Crippen LogP contribution in [0.25, 0.3) is 0 Å². The Morgan fingerprint density at radius 2 is 2.20 bits per heavy atom. The van der Waals surface area contributed by atoms with Gasteiger partial charge in [-0.3, -0.25) is 4.79 Å². The summed E-state index contributed by atoms with van der Waals surface area (Å²) in [6.45, 7) is 2.52. The van der Waals surface area contributed by atoms with Crippen LogP contribution in [0.3, 0.4) is 0 Å². The van der Waals surface area contributed by atoms with Gasteiger partial charge in [0.25, 0.3) is 0 Å². The molecule has 0 aromatic carbocycles. The van der Waals surface area contributed by atoms with Gasteiger partial charge < -0.3 is 14.9 Å². The van der Waals surface area contributed by atoms with Gasteiger partial charge >= 0.3 is 12.0 Å². The number of urea groups is 1. The first kappa shape index (κ1) is 16.3. The number of nitriles is 1. The number of nitrogens with zero attached hydrogens (tertiary/aromatic N) is 3. The lowest BCUT2D eigenvalue weighted by Crippen LogP contribution is -2.51. The molecular weight excluding hydrogens is 258 g/mol. The minimum absolute atomic E-state index is 0.00378. The zero-order chi connectivity index (χ0) is 15.1. The van der Waals surface area contributed by atoms with Crippen LogP contribution in [0.1, 0.15) is 45.4 Å². The average molecular weight is 281 g/mol. The Morgan fingerprint density at radius 3 is 2.80 bits per heavy atom. The molecule has 1 rings (SSSR count). The van der Waals surface area contributed by atoms with E-state index in [2.05, 4.69) is 6.07 Å². The monoisotopic (exact) mass is 281 g/mol. The molecule has 6 heteroatoms. The van der Waals surface area contributed by atoms with E-state index >= 15 is 0 Å². The summed E-state index contributed by atoms with van der Waals surface area (Å²) in [6.07, 6.45) is 3.74. The van der Waals surface area contributed by atoms with Crippen molar-refractivity contribution in [3.05, 3.63) is 0 Å². The van der Waals surface area contributed by atoms with Crippen LogP contribution in [-0.2, 0) is 4.79 Å². The summed E-state index contributed by atoms with van der Waals surface area (Å²) in [6, 6.07) is 1.85. The number of carbonyl (C=O) groups is 2. The number of carboxylic acids is 1. The lowest BCUT2D eigenvalue weighted by Gasteiger charge is -2.39. The Bertz CT molecular complexity index is 392. The summed E-state index contributed by atoms with van der Waals surface area (Å²) >= 11 is 0. The molecule has 0 radical (unpaired) electrons. The SMILES string of the molecule is CC(CC#N)N(C)C(=O)N1CCCCC1CCC(=O)O. The zero-order valence-corrected chi connectivity index (χ0v) is 12.2. The number of rotatable bonds is 5. The van der Waals surface area contributed by atoms with Crippen LogP contribution in [0.15, 0.2) is 0 Å². The van der Waals surface area contributed by atoms with Gasteiger partial charge in [0.1, 0.15) is 0 Å². The molecule has 0 aliphatic carbocycles. The van der Waals surface area contributed by atoms with E-state index in [0.29, 0.717) is 19.4 Å². The van der Waals surface area contributed by atoms with Crippen LogP contribution in [0.4, 0.5) is 4.79 Å². The summed E-state index contributed by atoms with van der Waals surface area (Å²) in [5, 5.41) is 17.5. The molecule has 0 aromatic heterocycles. The van der Waals surface area contributed by atoms with E-state index in [1.54, 1.807) is 16.8 Å². The maximum absolute atomic E-state index is 12.5. The third kappa shape index (κ3) is 4.41. The molecule has 20 heavy (non-hydrogen) atoms. The largest absolute Gasteiger partial charge is 0.481 e. The van der Waals surface area contributed by atoms with Gasteiger partial charge in [0.05, 0.1) is 12.5 Å². The maximum Gasteiger partial charge on any atom is 0.320 e. The first-order valence-electron chi connectivity index (χ1n) is 7.09. The molecule has 2 unspecified atom stereocenters. The van der Waals surface area contributed by atoms with Crippen LogP contribution < -0.4 is 0 Å². The average Bonchev–Trinajstić information content (AvgIpc) is 2.44. The number of hydrogen-bond donors (Lipinski definition) is 1. The fourth-order valence-corrected chi connectivity index (χ4v) is 2.50. The number of carbonyl (C=O) groups excluding carboxylic acids is 1. The molecule has 6 nitrogen and oxygen atoms in total. The Hall–Kier alpha value is -1.77. The molecule has 112 valence electrons. The van der Waals surface area contributed by atoms with Crippen LogP contribution in [-0.4, -0.2) is 52.6 Å². The van der Waals surface area contributed by atoms with Gasteiger partial charge in [-0.25, -0.2) is 4.79 Å². The quantitative estimate of drug-likeness (QED) is 0.836. The van der Waals surface area contributed by atoms with Gasteiger partial charge in [0, 0.05) is 32.1 Å². The van der Waals surface area contributed by atoms with Crippen LogP contribution in [0.2, 0.25) is 0 Å². The van der Waals surface area contributed by atoms with Crippen LogP contribution in [0, 0.1) is 11.3 Å². The summed E-state index contributed by atoms with van der Waals surface area (Å²) in [5.41, 5.74) is 0. The highest BCUT2D eigenvalue weighted by Crippen LogP contribution is 2.22. The van der Waals surface area contributed by atoms with Crippen molar-refractivity contribution in [3.8, 4) is 6.07 Å². The third-order valence-electron chi connectivity index (χ3n) is 3.91. The number of amides is 2. The van der Waals surface area contributed by atoms with E-state index in [0.717, 1.165) is 19.3 Å². The molecule has 1 heterocycles. The van der Waals surface area contributed by atoms with E-state index in [1.165, 1.54) is 0 Å². The molecular formula is C14H23N3O3. The van der Waals surface area contributed by atoms with Crippen LogP contribution >= 0.6 is 0 Å². The molecule has 1 N–H and O–H groups in total. The van der Waals surface area contributed by atoms with Gasteiger partial charge in [0.2, 0.25) is 0 Å². The number of piperidine rings is 1. The Kier molecular flexibility index (Phi) is 6.29. The van der Waals surface area contributed by atoms with Crippen molar-refractivity contribution in [2.75, 3.05) is 13.6 Å². The van der Waals surface area contributed by atoms with Crippen molar-refractivity contribution in [1.29, 1.82) is 5.26 Å². The highest BCUT2D eigenvalue weighted by molar-refractivity contribution is 5.75. The molecule has 1 aliphatic rings. The van der Waals surface area contributed by atoms with E-state index in [4.69, 9.17) is 10.4 Å². The molecule has 0 bridgehead atoms. The summed E-state index contributed by atoms with van der Waals surface area (Å²) < 4.78 is 0. The van der Waals surface area contributed by atoms with Gasteiger partial charge in [-0.1, -0.05) is 0 Å². The fraction of sp³-hybridized carbons (Fsp3) is 0.786. The third-order valence-corrected chi connectivity index (χ3v) is 3.91. The topological polar surface area (TPSA) is 84.6 Å². The molecule has 1 aliphatic heterocycles. The van der Waals surface area contributed by atoms with Crippen LogP contribution in [0.5, 0.6) is 0 Å². The maximum atomic E-state index is 12.5. The second kappa shape index (κ2) is 7.73. The van der Waals surface area contributed by atoms with Gasteiger partial charge in [-0.15, -0.1) is 0 Å². The molecule has 1 saturated heterocycles. The predicted molar refractivity (Wildman–Crippen MR) is 74.1 cm³/mol. The molecule has 1 fully saturated rings. The zero-order valence-electron chi connectivity index (χ0n) is 12.2. The summed E-state index contributed by atoms with van der Waals surface area (Å²) in [4.78, 5) is 26.5. The highest BCUT2D eigenvalue weighted by atomic mass is 16.4.